The van der Waals surface area contributed by atoms with E-state index in [1.54, 1.807) is 19.3 Å². The quantitative estimate of drug-likeness (QED) is 0.290. The van der Waals surface area contributed by atoms with E-state index in [4.69, 9.17) is 10.7 Å². The Morgan fingerprint density at radius 2 is 1.62 bits per heavy atom. The maximum absolute atomic E-state index is 14.1. The molecule has 42 heavy (non-hydrogen) atoms. The Morgan fingerprint density at radius 3 is 2.36 bits per heavy atom. The molecule has 1 saturated heterocycles. The highest BCUT2D eigenvalue weighted by Gasteiger charge is 2.30. The number of nitrogens with zero attached hydrogens (tertiary/aromatic N) is 7. The fourth-order valence-corrected chi connectivity index (χ4v) is 6.84. The number of fused-ring (bicyclic) bond motifs is 2. The number of rotatable bonds is 5. The molecule has 0 amide bonds. The van der Waals surface area contributed by atoms with Gasteiger partial charge >= 0.3 is 0 Å². The Bertz CT molecular complexity index is 1740. The van der Waals surface area contributed by atoms with Crippen LogP contribution in [0, 0.1) is 12.7 Å². The summed E-state index contributed by atoms with van der Waals surface area (Å²) in [7, 11) is 4.15. The van der Waals surface area contributed by atoms with Crippen molar-refractivity contribution in [1.29, 1.82) is 0 Å². The van der Waals surface area contributed by atoms with Crippen LogP contribution in [0.2, 0.25) is 0 Å². The highest BCUT2D eigenvalue weighted by molar-refractivity contribution is 6.00. The second-order valence-electron chi connectivity index (χ2n) is 11.9. The Hall–Kier alpha value is -4.02. The van der Waals surface area contributed by atoms with E-state index in [0.717, 1.165) is 59.3 Å². The lowest BCUT2D eigenvalue weighted by Crippen LogP contribution is -2.49. The van der Waals surface area contributed by atoms with E-state index in [2.05, 4.69) is 55.0 Å². The minimum atomic E-state index is -0.248. The number of nitrogen functional groups attached to an aromatic ring is 1. The average Bonchev–Trinajstić information content (AvgIpc) is 3.55. The van der Waals surface area contributed by atoms with Crippen LogP contribution in [0.5, 0.6) is 0 Å². The van der Waals surface area contributed by atoms with E-state index in [1.165, 1.54) is 32.0 Å². The Labute approximate surface area is 245 Å². The number of anilines is 3. The van der Waals surface area contributed by atoms with Crippen LogP contribution in [0.4, 0.5) is 21.8 Å². The topological polar surface area (TPSA) is 93.1 Å². The Morgan fingerprint density at radius 1 is 0.905 bits per heavy atom. The van der Waals surface area contributed by atoms with E-state index < -0.39 is 0 Å². The number of aromatic nitrogens is 5. The molecule has 3 N–H and O–H groups in total. The lowest BCUT2D eigenvalue weighted by Gasteiger charge is -2.41. The number of hydrogen-bond acceptors (Lipinski definition) is 7. The van der Waals surface area contributed by atoms with Gasteiger partial charge in [0.25, 0.3) is 0 Å². The first-order chi connectivity index (χ1) is 20.4. The van der Waals surface area contributed by atoms with Crippen LogP contribution in [0.15, 0.2) is 48.9 Å². The van der Waals surface area contributed by atoms with Crippen LogP contribution in [-0.4, -0.2) is 73.2 Å². The number of likely N-dealkylation sites (N-methyl/N-ethyl adjacent to an activating group) is 1. The van der Waals surface area contributed by atoms with E-state index in [0.29, 0.717) is 34.9 Å². The summed E-state index contributed by atoms with van der Waals surface area (Å²) in [5.41, 5.74) is 12.5. The van der Waals surface area contributed by atoms with Crippen molar-refractivity contribution in [2.75, 3.05) is 44.3 Å². The van der Waals surface area contributed by atoms with E-state index in [-0.39, 0.29) is 5.82 Å². The van der Waals surface area contributed by atoms with Crippen LogP contribution in [-0.2, 0) is 7.05 Å². The van der Waals surface area contributed by atoms with Crippen LogP contribution in [0.25, 0.3) is 33.2 Å². The summed E-state index contributed by atoms with van der Waals surface area (Å²) in [6.07, 6.45) is 8.48. The number of piperazine rings is 1. The van der Waals surface area contributed by atoms with Crippen molar-refractivity contribution in [2.45, 2.75) is 44.7 Å². The molecule has 1 aliphatic carbocycles. The number of halogens is 1. The van der Waals surface area contributed by atoms with Crippen molar-refractivity contribution in [1.82, 2.24) is 33.9 Å². The molecule has 2 aliphatic rings. The zero-order valence-electron chi connectivity index (χ0n) is 24.5. The first kappa shape index (κ1) is 26.9. The number of nitrogens with two attached hydrogens (primary N) is 1. The molecule has 7 rings (SSSR count). The number of nitrogens with one attached hydrogen (secondary N) is 1. The molecule has 5 aromatic rings. The van der Waals surface area contributed by atoms with Gasteiger partial charge in [-0.05, 0) is 69.5 Å². The van der Waals surface area contributed by atoms with Crippen molar-refractivity contribution in [3.05, 3.63) is 60.3 Å². The van der Waals surface area contributed by atoms with Gasteiger partial charge in [-0.1, -0.05) is 12.1 Å². The number of benzene rings is 2. The number of hydrogen-bond donors (Lipinski definition) is 2. The second-order valence-corrected chi connectivity index (χ2v) is 11.9. The lowest BCUT2D eigenvalue weighted by molar-refractivity contribution is 0.0828. The van der Waals surface area contributed by atoms with Crippen molar-refractivity contribution in [3.8, 4) is 11.1 Å². The molecule has 218 valence electrons. The zero-order valence-corrected chi connectivity index (χ0v) is 24.5. The van der Waals surface area contributed by atoms with Gasteiger partial charge in [-0.25, -0.2) is 19.3 Å². The molecule has 2 aromatic carbocycles. The largest absolute Gasteiger partial charge is 0.383 e. The van der Waals surface area contributed by atoms with E-state index in [9.17, 15) is 4.39 Å². The third-order valence-electron chi connectivity index (χ3n) is 9.44. The van der Waals surface area contributed by atoms with Crippen LogP contribution < -0.4 is 11.1 Å². The fraction of sp³-hybridized carbons (Fsp3) is 0.406. The predicted molar refractivity (Wildman–Crippen MR) is 166 cm³/mol. The van der Waals surface area contributed by atoms with Gasteiger partial charge in [-0.3, -0.25) is 4.90 Å². The van der Waals surface area contributed by atoms with Gasteiger partial charge in [0.1, 0.15) is 23.6 Å². The van der Waals surface area contributed by atoms with Gasteiger partial charge in [0.2, 0.25) is 5.95 Å². The van der Waals surface area contributed by atoms with Crippen LogP contribution >= 0.6 is 0 Å². The minimum absolute atomic E-state index is 0.248. The van der Waals surface area contributed by atoms with Crippen LogP contribution in [0.1, 0.15) is 37.3 Å². The molecular formula is C32H38FN9. The Balaban J connectivity index is 1.13. The minimum Gasteiger partial charge on any atom is -0.383 e. The van der Waals surface area contributed by atoms with Gasteiger partial charge in [0, 0.05) is 68.3 Å². The van der Waals surface area contributed by atoms with Gasteiger partial charge in [0.15, 0.2) is 0 Å². The molecule has 4 heterocycles. The van der Waals surface area contributed by atoms with E-state index in [1.807, 2.05) is 23.7 Å². The third-order valence-corrected chi connectivity index (χ3v) is 9.44. The molecule has 0 spiro atoms. The average molecular weight is 568 g/mol. The molecule has 0 unspecified atom stereocenters. The molecule has 0 radical (unpaired) electrons. The maximum atomic E-state index is 14.1. The third kappa shape index (κ3) is 4.68. The first-order valence-corrected chi connectivity index (χ1v) is 14.9. The van der Waals surface area contributed by atoms with Crippen molar-refractivity contribution in [2.24, 2.45) is 7.05 Å². The van der Waals surface area contributed by atoms with Gasteiger partial charge < -0.3 is 25.1 Å². The lowest BCUT2D eigenvalue weighted by atomic mass is 9.89. The summed E-state index contributed by atoms with van der Waals surface area (Å²) in [6.45, 7) is 6.42. The van der Waals surface area contributed by atoms with Crippen molar-refractivity contribution >= 4 is 39.5 Å². The summed E-state index contributed by atoms with van der Waals surface area (Å²) < 4.78 is 18.4. The highest BCUT2D eigenvalue weighted by Crippen LogP contribution is 2.39. The predicted octanol–water partition coefficient (Wildman–Crippen LogP) is 5.49. The molecule has 9 nitrogen and oxygen atoms in total. The Kier molecular flexibility index (Phi) is 6.82. The van der Waals surface area contributed by atoms with Crippen molar-refractivity contribution in [3.63, 3.8) is 0 Å². The molecule has 0 bridgehead atoms. The normalized spacial score (nSPS) is 20.5. The summed E-state index contributed by atoms with van der Waals surface area (Å²) in [5.74, 6) is 0.916. The van der Waals surface area contributed by atoms with Crippen LogP contribution in [0.3, 0.4) is 0 Å². The first-order valence-electron chi connectivity index (χ1n) is 14.9. The standard InChI is InChI=1S/C32H38FN9/c1-20-26(33)12-13-27-29(20)38-32(40(27)3)37-22-6-4-21(5-7-22)25-18-42(31-28(25)30(34)35-19-36-31)24-10-8-23(9-11-24)41-16-14-39(2)15-17-41/h4-7,12-13,18-19,23-24H,8-11,14-17H2,1-3H3,(H,37,38)(H2,34,35,36)/t23-,24+. The molecule has 1 aliphatic heterocycles. The summed E-state index contributed by atoms with van der Waals surface area (Å²) >= 11 is 0. The monoisotopic (exact) mass is 567 g/mol. The summed E-state index contributed by atoms with van der Waals surface area (Å²) in [6, 6.07) is 12.6. The van der Waals surface area contributed by atoms with E-state index >= 15 is 0 Å². The maximum Gasteiger partial charge on any atom is 0.208 e. The van der Waals surface area contributed by atoms with Gasteiger partial charge in [-0.2, -0.15) is 0 Å². The molecule has 1 saturated carbocycles. The fourth-order valence-electron chi connectivity index (χ4n) is 6.84. The van der Waals surface area contributed by atoms with Crippen molar-refractivity contribution < 1.29 is 4.39 Å². The molecular weight excluding hydrogens is 529 g/mol. The molecule has 3 aromatic heterocycles. The molecule has 0 atom stereocenters. The number of imidazole rings is 1. The smallest absolute Gasteiger partial charge is 0.208 e. The molecule has 10 heteroatoms. The summed E-state index contributed by atoms with van der Waals surface area (Å²) in [4.78, 5) is 18.8. The number of aryl methyl sites for hydroxylation is 2. The SMILES string of the molecule is Cc1c(F)ccc2c1nc(Nc1ccc(-c3cn([C@H]4CC[C@@H](N5CCN(C)CC5)CC4)c4ncnc(N)c34)cc1)n2C. The summed E-state index contributed by atoms with van der Waals surface area (Å²) in [5, 5.41) is 4.30. The molecule has 2 fully saturated rings. The van der Waals surface area contributed by atoms with Gasteiger partial charge in [-0.15, -0.1) is 0 Å². The second kappa shape index (κ2) is 10.7. The highest BCUT2D eigenvalue weighted by atomic mass is 19.1. The van der Waals surface area contributed by atoms with Gasteiger partial charge in [0.05, 0.1) is 16.4 Å². The zero-order chi connectivity index (χ0) is 29.0.